The van der Waals surface area contributed by atoms with Crippen LogP contribution in [0.5, 0.6) is 0 Å². The standard InChI is InChI=1S/C23H18N2O5/c1-14-8-9-15(22(27)29-2)12-18(14)20-11-10-17(30-20)13-19-21(26)25(23(28)24-19)16-6-4-3-5-7-16/h3-13H,1-2H3,(H,24,28)/b19-13-. The molecule has 3 amide bonds. The van der Waals surface area contributed by atoms with Crippen LogP contribution >= 0.6 is 0 Å². The number of benzene rings is 2. The lowest BCUT2D eigenvalue weighted by Crippen LogP contribution is -2.30. The number of aryl methyl sites for hydroxylation is 1. The van der Waals surface area contributed by atoms with E-state index in [4.69, 9.17) is 9.15 Å². The van der Waals surface area contributed by atoms with Crippen molar-refractivity contribution in [3.8, 4) is 11.3 Å². The third kappa shape index (κ3) is 3.48. The highest BCUT2D eigenvalue weighted by Gasteiger charge is 2.35. The lowest BCUT2D eigenvalue weighted by Gasteiger charge is -2.10. The van der Waals surface area contributed by atoms with Crippen LogP contribution in [0.25, 0.3) is 17.4 Å². The Morgan fingerprint density at radius 1 is 1.07 bits per heavy atom. The first kappa shape index (κ1) is 19.2. The van der Waals surface area contributed by atoms with Crippen molar-refractivity contribution in [2.45, 2.75) is 6.92 Å². The number of carbonyl (C=O) groups excluding carboxylic acids is 3. The smallest absolute Gasteiger partial charge is 0.337 e. The molecule has 2 aromatic carbocycles. The minimum absolute atomic E-state index is 0.116. The number of anilines is 1. The van der Waals surface area contributed by atoms with E-state index < -0.39 is 17.9 Å². The molecule has 1 saturated heterocycles. The number of esters is 1. The quantitative estimate of drug-likeness (QED) is 0.403. The minimum atomic E-state index is -0.522. The molecule has 1 N–H and O–H groups in total. The second kappa shape index (κ2) is 7.71. The lowest BCUT2D eigenvalue weighted by atomic mass is 10.0. The maximum atomic E-state index is 12.7. The average Bonchev–Trinajstić information content (AvgIpc) is 3.32. The van der Waals surface area contributed by atoms with Gasteiger partial charge in [-0.2, -0.15) is 0 Å². The van der Waals surface area contributed by atoms with E-state index in [0.29, 0.717) is 22.8 Å². The Morgan fingerprint density at radius 2 is 1.83 bits per heavy atom. The van der Waals surface area contributed by atoms with Crippen molar-refractivity contribution in [2.75, 3.05) is 12.0 Å². The fourth-order valence-electron chi connectivity index (χ4n) is 3.20. The van der Waals surface area contributed by atoms with Crippen molar-refractivity contribution < 1.29 is 23.5 Å². The number of ether oxygens (including phenoxy) is 1. The predicted molar refractivity (Wildman–Crippen MR) is 111 cm³/mol. The van der Waals surface area contributed by atoms with Crippen LogP contribution in [0.1, 0.15) is 21.7 Å². The number of amides is 3. The van der Waals surface area contributed by atoms with E-state index in [9.17, 15) is 14.4 Å². The zero-order valence-electron chi connectivity index (χ0n) is 16.3. The van der Waals surface area contributed by atoms with Crippen LogP contribution in [0.15, 0.2) is 70.8 Å². The molecule has 4 rings (SSSR count). The van der Waals surface area contributed by atoms with Gasteiger partial charge in [-0.3, -0.25) is 4.79 Å². The van der Waals surface area contributed by atoms with Gasteiger partial charge in [0.1, 0.15) is 17.2 Å². The van der Waals surface area contributed by atoms with Gasteiger partial charge < -0.3 is 14.5 Å². The van der Waals surface area contributed by atoms with Gasteiger partial charge in [-0.05, 0) is 48.9 Å². The van der Waals surface area contributed by atoms with Crippen LogP contribution in [0.3, 0.4) is 0 Å². The van der Waals surface area contributed by atoms with Gasteiger partial charge >= 0.3 is 12.0 Å². The number of carbonyl (C=O) groups is 3. The number of nitrogens with zero attached hydrogens (tertiary/aromatic N) is 1. The highest BCUT2D eigenvalue weighted by molar-refractivity contribution is 6.28. The summed E-state index contributed by atoms with van der Waals surface area (Å²) >= 11 is 0. The highest BCUT2D eigenvalue weighted by atomic mass is 16.5. The maximum Gasteiger partial charge on any atom is 0.337 e. The van der Waals surface area contributed by atoms with Crippen LogP contribution < -0.4 is 10.2 Å². The van der Waals surface area contributed by atoms with Crippen LogP contribution in [0, 0.1) is 6.92 Å². The molecule has 0 radical (unpaired) electrons. The van der Waals surface area contributed by atoms with Gasteiger partial charge in [0.25, 0.3) is 5.91 Å². The fraction of sp³-hybridized carbons (Fsp3) is 0.0870. The van der Waals surface area contributed by atoms with Gasteiger partial charge in [0.15, 0.2) is 0 Å². The van der Waals surface area contributed by atoms with Gasteiger partial charge in [-0.25, -0.2) is 14.5 Å². The Bertz CT molecular complexity index is 1180. The number of rotatable bonds is 4. The van der Waals surface area contributed by atoms with E-state index in [1.165, 1.54) is 13.2 Å². The Kier molecular flexibility index (Phi) is 4.93. The largest absolute Gasteiger partial charge is 0.465 e. The molecule has 7 nitrogen and oxygen atoms in total. The van der Waals surface area contributed by atoms with Crippen molar-refractivity contribution in [1.29, 1.82) is 0 Å². The van der Waals surface area contributed by atoms with E-state index in [1.807, 2.05) is 6.92 Å². The van der Waals surface area contributed by atoms with Crippen molar-refractivity contribution in [3.63, 3.8) is 0 Å². The second-order valence-corrected chi connectivity index (χ2v) is 6.69. The topological polar surface area (TPSA) is 88.9 Å². The molecule has 1 aromatic heterocycles. The summed E-state index contributed by atoms with van der Waals surface area (Å²) in [5, 5.41) is 2.57. The van der Waals surface area contributed by atoms with Crippen molar-refractivity contribution in [3.05, 3.63) is 83.2 Å². The average molecular weight is 402 g/mol. The summed E-state index contributed by atoms with van der Waals surface area (Å²) in [5.41, 5.74) is 2.65. The van der Waals surface area contributed by atoms with E-state index in [0.717, 1.165) is 16.0 Å². The Morgan fingerprint density at radius 3 is 2.57 bits per heavy atom. The second-order valence-electron chi connectivity index (χ2n) is 6.69. The summed E-state index contributed by atoms with van der Waals surface area (Å²) in [5.74, 6) is 0.0201. The summed E-state index contributed by atoms with van der Waals surface area (Å²) in [6.07, 6.45) is 1.48. The molecule has 0 bridgehead atoms. The number of hydrogen-bond donors (Lipinski definition) is 1. The number of urea groups is 1. The van der Waals surface area contributed by atoms with Crippen LogP contribution in [-0.2, 0) is 9.53 Å². The molecule has 0 atom stereocenters. The molecule has 3 aromatic rings. The maximum absolute atomic E-state index is 12.7. The molecule has 0 unspecified atom stereocenters. The Labute approximate surface area is 172 Å². The Balaban J connectivity index is 1.63. The number of imide groups is 1. The third-order valence-corrected chi connectivity index (χ3v) is 4.73. The van der Waals surface area contributed by atoms with Gasteiger partial charge in [0.2, 0.25) is 0 Å². The van der Waals surface area contributed by atoms with Crippen molar-refractivity contribution >= 4 is 29.7 Å². The SMILES string of the molecule is COC(=O)c1ccc(C)c(-c2ccc(/C=C3\NC(=O)N(c4ccccc4)C3=O)o2)c1. The van der Waals surface area contributed by atoms with E-state index in [1.54, 1.807) is 60.7 Å². The molecule has 30 heavy (non-hydrogen) atoms. The first-order chi connectivity index (χ1) is 14.5. The molecule has 7 heteroatoms. The molecule has 0 saturated carbocycles. The third-order valence-electron chi connectivity index (χ3n) is 4.73. The summed E-state index contributed by atoms with van der Waals surface area (Å²) in [6, 6.07) is 16.8. The normalized spacial score (nSPS) is 14.9. The Hall–Kier alpha value is -4.13. The van der Waals surface area contributed by atoms with Crippen molar-refractivity contribution in [2.24, 2.45) is 0 Å². The molecule has 0 spiro atoms. The fourth-order valence-corrected chi connectivity index (χ4v) is 3.20. The van der Waals surface area contributed by atoms with E-state index in [2.05, 4.69) is 5.32 Å². The molecular formula is C23H18N2O5. The summed E-state index contributed by atoms with van der Waals surface area (Å²) in [7, 11) is 1.32. The number of para-hydroxylation sites is 1. The number of furan rings is 1. The molecule has 150 valence electrons. The zero-order valence-corrected chi connectivity index (χ0v) is 16.3. The predicted octanol–water partition coefficient (Wildman–Crippen LogP) is 4.14. The number of nitrogens with one attached hydrogen (secondary N) is 1. The van der Waals surface area contributed by atoms with Gasteiger partial charge in [-0.15, -0.1) is 0 Å². The first-order valence-electron chi connectivity index (χ1n) is 9.19. The highest BCUT2D eigenvalue weighted by Crippen LogP contribution is 2.29. The summed E-state index contributed by atoms with van der Waals surface area (Å²) in [6.45, 7) is 1.90. The number of hydrogen-bond acceptors (Lipinski definition) is 5. The minimum Gasteiger partial charge on any atom is -0.465 e. The molecular weight excluding hydrogens is 384 g/mol. The summed E-state index contributed by atoms with van der Waals surface area (Å²) in [4.78, 5) is 37.8. The zero-order chi connectivity index (χ0) is 21.3. The molecule has 0 aliphatic carbocycles. The van der Waals surface area contributed by atoms with Gasteiger partial charge in [-0.1, -0.05) is 24.3 Å². The van der Waals surface area contributed by atoms with Crippen LogP contribution in [0.4, 0.5) is 10.5 Å². The number of methoxy groups -OCH3 is 1. The molecule has 2 heterocycles. The molecule has 1 fully saturated rings. The lowest BCUT2D eigenvalue weighted by molar-refractivity contribution is -0.113. The van der Waals surface area contributed by atoms with Crippen molar-refractivity contribution in [1.82, 2.24) is 5.32 Å². The molecule has 1 aliphatic rings. The van der Waals surface area contributed by atoms with Crippen LogP contribution in [0.2, 0.25) is 0 Å². The first-order valence-corrected chi connectivity index (χ1v) is 9.19. The van der Waals surface area contributed by atoms with Gasteiger partial charge in [0.05, 0.1) is 18.4 Å². The van der Waals surface area contributed by atoms with Crippen LogP contribution in [-0.4, -0.2) is 25.0 Å². The summed E-state index contributed by atoms with van der Waals surface area (Å²) < 4.78 is 10.6. The molecule has 1 aliphatic heterocycles. The van der Waals surface area contributed by atoms with Gasteiger partial charge in [0, 0.05) is 11.6 Å². The van der Waals surface area contributed by atoms with E-state index in [-0.39, 0.29) is 5.70 Å². The van der Waals surface area contributed by atoms with E-state index >= 15 is 0 Å². The monoisotopic (exact) mass is 402 g/mol.